The van der Waals surface area contributed by atoms with E-state index in [1.165, 1.54) is 61.8 Å². The van der Waals surface area contributed by atoms with Crippen LogP contribution in [0.1, 0.15) is 56.1 Å². The average Bonchev–Trinajstić information content (AvgIpc) is 2.27. The van der Waals surface area contributed by atoms with Crippen molar-refractivity contribution in [2.75, 3.05) is 5.32 Å². The molecule has 0 radical (unpaired) electrons. The second-order valence-electron chi connectivity index (χ2n) is 5.50. The fourth-order valence-corrected chi connectivity index (χ4v) is 2.71. The summed E-state index contributed by atoms with van der Waals surface area (Å²) >= 11 is 0. The SMILES string of the molecule is Cc1ccc(C)c(NC2CCCCCCC2)c1. The lowest BCUT2D eigenvalue weighted by Gasteiger charge is -2.23. The van der Waals surface area contributed by atoms with Crippen LogP contribution in [-0.2, 0) is 0 Å². The summed E-state index contributed by atoms with van der Waals surface area (Å²) in [4.78, 5) is 0. The molecule has 1 heteroatoms. The van der Waals surface area contributed by atoms with Crippen LogP contribution in [0.3, 0.4) is 0 Å². The van der Waals surface area contributed by atoms with E-state index in [1.54, 1.807) is 0 Å². The third-order valence-corrected chi connectivity index (χ3v) is 3.86. The van der Waals surface area contributed by atoms with E-state index in [0.29, 0.717) is 6.04 Å². The number of hydrogen-bond acceptors (Lipinski definition) is 1. The van der Waals surface area contributed by atoms with Crippen LogP contribution in [0, 0.1) is 13.8 Å². The number of aryl methyl sites for hydroxylation is 2. The summed E-state index contributed by atoms with van der Waals surface area (Å²) in [6, 6.07) is 7.39. The van der Waals surface area contributed by atoms with Gasteiger partial charge in [0.2, 0.25) is 0 Å². The van der Waals surface area contributed by atoms with E-state index in [4.69, 9.17) is 0 Å². The summed E-state index contributed by atoms with van der Waals surface area (Å²) < 4.78 is 0. The molecule has 94 valence electrons. The van der Waals surface area contributed by atoms with Crippen LogP contribution in [0.15, 0.2) is 18.2 Å². The Morgan fingerprint density at radius 3 is 2.29 bits per heavy atom. The maximum atomic E-state index is 3.76. The molecular weight excluding hydrogens is 206 g/mol. The van der Waals surface area contributed by atoms with Crippen molar-refractivity contribution >= 4 is 5.69 Å². The Morgan fingerprint density at radius 1 is 0.941 bits per heavy atom. The number of hydrogen-bond donors (Lipinski definition) is 1. The molecule has 0 aliphatic heterocycles. The third kappa shape index (κ3) is 3.76. The van der Waals surface area contributed by atoms with Crippen LogP contribution >= 0.6 is 0 Å². The molecule has 1 saturated carbocycles. The van der Waals surface area contributed by atoms with Crippen LogP contribution in [0.2, 0.25) is 0 Å². The summed E-state index contributed by atoms with van der Waals surface area (Å²) in [5, 5.41) is 3.76. The molecule has 1 aromatic rings. The molecule has 1 fully saturated rings. The Hall–Kier alpha value is -0.980. The average molecular weight is 231 g/mol. The van der Waals surface area contributed by atoms with E-state index in [-0.39, 0.29) is 0 Å². The predicted octanol–water partition coefficient (Wildman–Crippen LogP) is 4.83. The minimum Gasteiger partial charge on any atom is -0.382 e. The highest BCUT2D eigenvalue weighted by Gasteiger charge is 2.11. The molecule has 17 heavy (non-hydrogen) atoms. The zero-order valence-electron chi connectivity index (χ0n) is 11.3. The minimum atomic E-state index is 0.691. The first-order valence-electron chi connectivity index (χ1n) is 7.09. The normalized spacial score (nSPS) is 18.5. The molecule has 0 amide bonds. The van der Waals surface area contributed by atoms with Crippen molar-refractivity contribution in [1.82, 2.24) is 0 Å². The van der Waals surface area contributed by atoms with Crippen molar-refractivity contribution in [3.8, 4) is 0 Å². The van der Waals surface area contributed by atoms with Crippen LogP contribution in [0.5, 0.6) is 0 Å². The molecule has 0 saturated heterocycles. The van der Waals surface area contributed by atoms with Gasteiger partial charge in [0, 0.05) is 11.7 Å². The van der Waals surface area contributed by atoms with E-state index >= 15 is 0 Å². The molecule has 1 aromatic carbocycles. The van der Waals surface area contributed by atoms with Gasteiger partial charge in [-0.2, -0.15) is 0 Å². The van der Waals surface area contributed by atoms with Gasteiger partial charge in [0.1, 0.15) is 0 Å². The zero-order chi connectivity index (χ0) is 12.1. The summed E-state index contributed by atoms with van der Waals surface area (Å²) in [7, 11) is 0. The van der Waals surface area contributed by atoms with Gasteiger partial charge in [-0.05, 0) is 43.9 Å². The molecule has 0 heterocycles. The Balaban J connectivity index is 2.00. The van der Waals surface area contributed by atoms with Crippen molar-refractivity contribution in [3.63, 3.8) is 0 Å². The number of rotatable bonds is 2. The van der Waals surface area contributed by atoms with E-state index in [1.807, 2.05) is 0 Å². The van der Waals surface area contributed by atoms with Crippen molar-refractivity contribution in [2.24, 2.45) is 0 Å². The standard InChI is InChI=1S/C16H25N/c1-13-10-11-14(2)16(12-13)17-15-8-6-4-3-5-7-9-15/h10-12,15,17H,3-9H2,1-2H3. The van der Waals surface area contributed by atoms with Crippen LogP contribution in [-0.4, -0.2) is 6.04 Å². The molecule has 1 aliphatic carbocycles. The van der Waals surface area contributed by atoms with Gasteiger partial charge in [0.25, 0.3) is 0 Å². The fraction of sp³-hybridized carbons (Fsp3) is 0.625. The lowest BCUT2D eigenvalue weighted by molar-refractivity contribution is 0.471. The van der Waals surface area contributed by atoms with E-state index in [0.717, 1.165) is 0 Å². The maximum Gasteiger partial charge on any atom is 0.0374 e. The van der Waals surface area contributed by atoms with Crippen molar-refractivity contribution in [3.05, 3.63) is 29.3 Å². The third-order valence-electron chi connectivity index (χ3n) is 3.86. The van der Waals surface area contributed by atoms with Crippen LogP contribution < -0.4 is 5.32 Å². The smallest absolute Gasteiger partial charge is 0.0374 e. The highest BCUT2D eigenvalue weighted by atomic mass is 14.9. The minimum absolute atomic E-state index is 0.691. The zero-order valence-corrected chi connectivity index (χ0v) is 11.3. The fourth-order valence-electron chi connectivity index (χ4n) is 2.71. The van der Waals surface area contributed by atoms with Gasteiger partial charge < -0.3 is 5.32 Å². The van der Waals surface area contributed by atoms with Gasteiger partial charge in [-0.25, -0.2) is 0 Å². The van der Waals surface area contributed by atoms with Gasteiger partial charge in [-0.3, -0.25) is 0 Å². The Labute approximate surface area is 106 Å². The van der Waals surface area contributed by atoms with Gasteiger partial charge in [0.15, 0.2) is 0 Å². The van der Waals surface area contributed by atoms with Crippen LogP contribution in [0.25, 0.3) is 0 Å². The molecule has 0 aromatic heterocycles. The van der Waals surface area contributed by atoms with Crippen molar-refractivity contribution < 1.29 is 0 Å². The summed E-state index contributed by atoms with van der Waals surface area (Å²) in [5.74, 6) is 0. The van der Waals surface area contributed by atoms with E-state index < -0.39 is 0 Å². The number of nitrogens with one attached hydrogen (secondary N) is 1. The van der Waals surface area contributed by atoms with Gasteiger partial charge in [0.05, 0.1) is 0 Å². The highest BCUT2D eigenvalue weighted by molar-refractivity contribution is 5.53. The first kappa shape index (κ1) is 12.5. The monoisotopic (exact) mass is 231 g/mol. The molecule has 0 bridgehead atoms. The number of benzene rings is 1. The molecule has 1 aliphatic rings. The maximum absolute atomic E-state index is 3.76. The predicted molar refractivity (Wildman–Crippen MR) is 75.6 cm³/mol. The van der Waals surface area contributed by atoms with Crippen LogP contribution in [0.4, 0.5) is 5.69 Å². The molecule has 1 nitrogen and oxygen atoms in total. The van der Waals surface area contributed by atoms with Gasteiger partial charge in [-0.1, -0.05) is 44.2 Å². The largest absolute Gasteiger partial charge is 0.382 e. The van der Waals surface area contributed by atoms with Crippen molar-refractivity contribution in [2.45, 2.75) is 64.8 Å². The first-order chi connectivity index (χ1) is 8.25. The second-order valence-corrected chi connectivity index (χ2v) is 5.50. The second kappa shape index (κ2) is 6.09. The Bertz CT molecular complexity index is 349. The Kier molecular flexibility index (Phi) is 4.47. The Morgan fingerprint density at radius 2 is 1.59 bits per heavy atom. The summed E-state index contributed by atoms with van der Waals surface area (Å²) in [5.41, 5.74) is 4.07. The number of anilines is 1. The molecule has 0 spiro atoms. The molecule has 0 atom stereocenters. The topological polar surface area (TPSA) is 12.0 Å². The lowest BCUT2D eigenvalue weighted by Crippen LogP contribution is -2.21. The summed E-state index contributed by atoms with van der Waals surface area (Å²) in [6.45, 7) is 4.37. The van der Waals surface area contributed by atoms with Gasteiger partial charge in [-0.15, -0.1) is 0 Å². The summed E-state index contributed by atoms with van der Waals surface area (Å²) in [6.07, 6.45) is 9.75. The first-order valence-corrected chi connectivity index (χ1v) is 7.09. The molecular formula is C16H25N. The molecule has 0 unspecified atom stereocenters. The molecule has 1 N–H and O–H groups in total. The van der Waals surface area contributed by atoms with E-state index in [2.05, 4.69) is 37.4 Å². The highest BCUT2D eigenvalue weighted by Crippen LogP contribution is 2.23. The lowest BCUT2D eigenvalue weighted by atomic mass is 9.96. The van der Waals surface area contributed by atoms with E-state index in [9.17, 15) is 0 Å². The van der Waals surface area contributed by atoms with Crippen molar-refractivity contribution in [1.29, 1.82) is 0 Å². The van der Waals surface area contributed by atoms with Gasteiger partial charge >= 0.3 is 0 Å². The molecule has 2 rings (SSSR count). The quantitative estimate of drug-likeness (QED) is 0.769.